The fourth-order valence-corrected chi connectivity index (χ4v) is 3.76. The van der Waals surface area contributed by atoms with Crippen molar-refractivity contribution in [1.29, 1.82) is 0 Å². The van der Waals surface area contributed by atoms with Crippen LogP contribution in [0.3, 0.4) is 0 Å². The molecule has 1 aliphatic heterocycles. The van der Waals surface area contributed by atoms with Gasteiger partial charge in [-0.1, -0.05) is 18.3 Å². The van der Waals surface area contributed by atoms with E-state index < -0.39 is 0 Å². The first-order chi connectivity index (χ1) is 9.95. The zero-order chi connectivity index (χ0) is 15.6. The minimum absolute atomic E-state index is 0.113. The molecule has 0 saturated carbocycles. The van der Waals surface area contributed by atoms with Crippen LogP contribution < -0.4 is 16.4 Å². The number of amides is 1. The van der Waals surface area contributed by atoms with E-state index in [9.17, 15) is 4.79 Å². The van der Waals surface area contributed by atoms with E-state index in [4.69, 9.17) is 23.7 Å². The summed E-state index contributed by atoms with van der Waals surface area (Å²) in [4.78, 5) is 15.2. The molecule has 2 rings (SSSR count). The number of carbonyl (C=O) groups excluding carboxylic acids is 1. The van der Waals surface area contributed by atoms with E-state index in [1.807, 2.05) is 24.5 Å². The van der Waals surface area contributed by atoms with Gasteiger partial charge in [0.25, 0.3) is 0 Å². The maximum atomic E-state index is 11.5. The minimum Gasteiger partial charge on any atom is -0.389 e. The zero-order valence-electron chi connectivity index (χ0n) is 12.3. The molecular weight excluding hydrogens is 302 g/mol. The van der Waals surface area contributed by atoms with Crippen molar-refractivity contribution in [3.8, 4) is 0 Å². The molecule has 6 heteroatoms. The molecule has 1 amide bonds. The number of hydrogen-bond acceptors (Lipinski definition) is 4. The van der Waals surface area contributed by atoms with Gasteiger partial charge < -0.3 is 16.4 Å². The Morgan fingerprint density at radius 1 is 1.38 bits per heavy atom. The molecule has 4 N–H and O–H groups in total. The number of benzene rings is 1. The van der Waals surface area contributed by atoms with Crippen LogP contribution in [0.2, 0.25) is 0 Å². The highest BCUT2D eigenvalue weighted by molar-refractivity contribution is 7.98. The van der Waals surface area contributed by atoms with E-state index in [1.165, 1.54) is 0 Å². The van der Waals surface area contributed by atoms with Gasteiger partial charge in [0, 0.05) is 28.7 Å². The fraction of sp³-hybridized carbons (Fsp3) is 0.467. The van der Waals surface area contributed by atoms with Crippen molar-refractivity contribution in [3.05, 3.63) is 23.8 Å². The number of piperidine rings is 1. The van der Waals surface area contributed by atoms with E-state index in [0.29, 0.717) is 17.6 Å². The highest BCUT2D eigenvalue weighted by Gasteiger charge is 2.30. The SMILES string of the molecule is CSc1cccc(N2CC(C(N)=O)CCC2C)c1C(N)=S. The molecule has 0 spiro atoms. The lowest BCUT2D eigenvalue weighted by Crippen LogP contribution is -2.46. The van der Waals surface area contributed by atoms with Crippen molar-refractivity contribution < 1.29 is 4.79 Å². The molecule has 0 aromatic heterocycles. The van der Waals surface area contributed by atoms with Gasteiger partial charge in [-0.3, -0.25) is 4.79 Å². The molecule has 2 atom stereocenters. The lowest BCUT2D eigenvalue weighted by atomic mass is 9.92. The Morgan fingerprint density at radius 3 is 2.67 bits per heavy atom. The van der Waals surface area contributed by atoms with Gasteiger partial charge in [-0.15, -0.1) is 11.8 Å². The largest absolute Gasteiger partial charge is 0.389 e. The van der Waals surface area contributed by atoms with E-state index in [2.05, 4.69) is 11.8 Å². The fourth-order valence-electron chi connectivity index (χ4n) is 2.85. The van der Waals surface area contributed by atoms with E-state index in [0.717, 1.165) is 29.0 Å². The van der Waals surface area contributed by atoms with Crippen LogP contribution in [0, 0.1) is 5.92 Å². The number of thioether (sulfide) groups is 1. The molecular formula is C15H21N3OS2. The van der Waals surface area contributed by atoms with Gasteiger partial charge in [-0.25, -0.2) is 0 Å². The number of nitrogens with zero attached hydrogens (tertiary/aromatic N) is 1. The highest BCUT2D eigenvalue weighted by Crippen LogP contribution is 2.34. The van der Waals surface area contributed by atoms with Crippen LogP contribution in [-0.2, 0) is 4.79 Å². The Labute approximate surface area is 135 Å². The molecule has 0 aliphatic carbocycles. The second-order valence-corrected chi connectivity index (χ2v) is 6.68. The van der Waals surface area contributed by atoms with Crippen LogP contribution in [-0.4, -0.2) is 29.7 Å². The van der Waals surface area contributed by atoms with Gasteiger partial charge in [0.15, 0.2) is 0 Å². The Balaban J connectivity index is 2.44. The molecule has 1 fully saturated rings. The summed E-state index contributed by atoms with van der Waals surface area (Å²) in [5.41, 5.74) is 13.3. The third-order valence-corrected chi connectivity index (χ3v) is 5.05. The topological polar surface area (TPSA) is 72.3 Å². The van der Waals surface area contributed by atoms with Gasteiger partial charge in [-0.2, -0.15) is 0 Å². The first-order valence-electron chi connectivity index (χ1n) is 6.98. The number of thiocarbonyl (C=S) groups is 1. The van der Waals surface area contributed by atoms with Crippen molar-refractivity contribution in [1.82, 2.24) is 0 Å². The van der Waals surface area contributed by atoms with Gasteiger partial charge in [0.2, 0.25) is 5.91 Å². The number of hydrogen-bond donors (Lipinski definition) is 2. The van der Waals surface area contributed by atoms with Crippen LogP contribution in [0.1, 0.15) is 25.3 Å². The van der Waals surface area contributed by atoms with Crippen molar-refractivity contribution in [2.45, 2.75) is 30.7 Å². The molecule has 1 aliphatic rings. The predicted molar refractivity (Wildman–Crippen MR) is 92.8 cm³/mol. The maximum absolute atomic E-state index is 11.5. The molecule has 21 heavy (non-hydrogen) atoms. The van der Waals surface area contributed by atoms with Crippen LogP contribution >= 0.6 is 24.0 Å². The Hall–Kier alpha value is -1.27. The summed E-state index contributed by atoms with van der Waals surface area (Å²) in [5, 5.41) is 0. The molecule has 1 heterocycles. The van der Waals surface area contributed by atoms with Crippen LogP contribution in [0.15, 0.2) is 23.1 Å². The van der Waals surface area contributed by atoms with Crippen molar-refractivity contribution >= 4 is 40.6 Å². The average Bonchev–Trinajstić information content (AvgIpc) is 2.46. The summed E-state index contributed by atoms with van der Waals surface area (Å²) in [5.74, 6) is -0.344. The normalized spacial score (nSPS) is 22.1. The molecule has 0 radical (unpaired) electrons. The lowest BCUT2D eigenvalue weighted by molar-refractivity contribution is -0.122. The third kappa shape index (κ3) is 3.32. The van der Waals surface area contributed by atoms with Crippen molar-refractivity contribution in [3.63, 3.8) is 0 Å². The van der Waals surface area contributed by atoms with Crippen LogP contribution in [0.4, 0.5) is 5.69 Å². The maximum Gasteiger partial charge on any atom is 0.222 e. The van der Waals surface area contributed by atoms with Crippen molar-refractivity contribution in [2.75, 3.05) is 17.7 Å². The highest BCUT2D eigenvalue weighted by atomic mass is 32.2. The van der Waals surface area contributed by atoms with E-state index in [-0.39, 0.29) is 11.8 Å². The van der Waals surface area contributed by atoms with E-state index >= 15 is 0 Å². The van der Waals surface area contributed by atoms with E-state index in [1.54, 1.807) is 11.8 Å². The summed E-state index contributed by atoms with van der Waals surface area (Å²) in [6.45, 7) is 2.79. The monoisotopic (exact) mass is 323 g/mol. The Morgan fingerprint density at radius 2 is 2.10 bits per heavy atom. The molecule has 1 saturated heterocycles. The van der Waals surface area contributed by atoms with Gasteiger partial charge in [0.1, 0.15) is 4.99 Å². The van der Waals surface area contributed by atoms with Gasteiger partial charge >= 0.3 is 0 Å². The molecule has 0 bridgehead atoms. The Kier molecular flexibility index (Phi) is 5.11. The number of anilines is 1. The number of carbonyl (C=O) groups is 1. The smallest absolute Gasteiger partial charge is 0.222 e. The first kappa shape index (κ1) is 16.1. The molecule has 4 nitrogen and oxygen atoms in total. The summed E-state index contributed by atoms with van der Waals surface area (Å²) < 4.78 is 0. The van der Waals surface area contributed by atoms with Crippen LogP contribution in [0.5, 0.6) is 0 Å². The lowest BCUT2D eigenvalue weighted by Gasteiger charge is -2.39. The predicted octanol–water partition coefficient (Wildman–Crippen LogP) is 2.13. The molecule has 2 unspecified atom stereocenters. The minimum atomic E-state index is -0.232. The number of primary amides is 1. The van der Waals surface area contributed by atoms with Gasteiger partial charge in [0.05, 0.1) is 5.92 Å². The second kappa shape index (κ2) is 6.66. The van der Waals surface area contributed by atoms with Gasteiger partial charge in [-0.05, 0) is 38.2 Å². The van der Waals surface area contributed by atoms with Crippen molar-refractivity contribution in [2.24, 2.45) is 17.4 Å². The summed E-state index contributed by atoms with van der Waals surface area (Å²) in [7, 11) is 0. The summed E-state index contributed by atoms with van der Waals surface area (Å²) in [6, 6.07) is 6.38. The summed E-state index contributed by atoms with van der Waals surface area (Å²) in [6.07, 6.45) is 3.79. The first-order valence-corrected chi connectivity index (χ1v) is 8.61. The van der Waals surface area contributed by atoms with Crippen LogP contribution in [0.25, 0.3) is 0 Å². The molecule has 114 valence electrons. The Bertz CT molecular complexity index is 562. The zero-order valence-corrected chi connectivity index (χ0v) is 14.0. The second-order valence-electron chi connectivity index (χ2n) is 5.40. The summed E-state index contributed by atoms with van der Waals surface area (Å²) >= 11 is 6.86. The number of rotatable bonds is 4. The average molecular weight is 323 g/mol. The molecule has 1 aromatic rings. The standard InChI is InChI=1S/C15H21N3OS2/c1-9-6-7-10(14(16)19)8-18(9)11-4-3-5-12(21-2)13(11)15(17)20/h3-5,9-10H,6-8H2,1-2H3,(H2,16,19)(H2,17,20). The number of nitrogens with two attached hydrogens (primary N) is 2. The third-order valence-electron chi connectivity index (χ3n) is 4.06. The molecule has 1 aromatic carbocycles. The quantitative estimate of drug-likeness (QED) is 0.656.